The highest BCUT2D eigenvalue weighted by Crippen LogP contribution is 2.45. The number of pyridine rings is 1. The molecule has 0 radical (unpaired) electrons. The van der Waals surface area contributed by atoms with Gasteiger partial charge < -0.3 is 10.8 Å². The van der Waals surface area contributed by atoms with Crippen LogP contribution < -0.4 is 5.73 Å². The van der Waals surface area contributed by atoms with Crippen LogP contribution in [-0.2, 0) is 10.3 Å². The Morgan fingerprint density at radius 3 is 3.07 bits per heavy atom. The minimum Gasteiger partial charge on any atom is -0.480 e. The lowest BCUT2D eigenvalue weighted by Crippen LogP contribution is -2.44. The van der Waals surface area contributed by atoms with Gasteiger partial charge in [0, 0.05) is 11.8 Å². The van der Waals surface area contributed by atoms with Crippen molar-refractivity contribution in [3.05, 3.63) is 23.9 Å². The first kappa shape index (κ1) is 9.48. The number of nitrogens with two attached hydrogens (primary N) is 1. The summed E-state index contributed by atoms with van der Waals surface area (Å²) in [5, 5.41) is 9.07. The van der Waals surface area contributed by atoms with Crippen molar-refractivity contribution in [2.45, 2.75) is 22.7 Å². The highest BCUT2D eigenvalue weighted by Gasteiger charge is 2.46. The van der Waals surface area contributed by atoms with Crippen molar-refractivity contribution in [2.24, 2.45) is 5.73 Å². The van der Waals surface area contributed by atoms with Gasteiger partial charge in [0.25, 0.3) is 0 Å². The molecule has 4 nitrogen and oxygen atoms in total. The van der Waals surface area contributed by atoms with Gasteiger partial charge in [0.2, 0.25) is 0 Å². The molecule has 2 heterocycles. The predicted molar refractivity (Wildman–Crippen MR) is 53.1 cm³/mol. The van der Waals surface area contributed by atoms with Gasteiger partial charge in [0.1, 0.15) is 10.3 Å². The lowest BCUT2D eigenvalue weighted by atomic mass is 9.91. The Morgan fingerprint density at radius 1 is 1.79 bits per heavy atom. The Kier molecular flexibility index (Phi) is 2.01. The monoisotopic (exact) mass is 210 g/mol. The maximum atomic E-state index is 11.0. The van der Waals surface area contributed by atoms with Crippen LogP contribution in [0.15, 0.2) is 23.4 Å². The fraction of sp³-hybridized carbons (Fsp3) is 0.333. The van der Waals surface area contributed by atoms with E-state index in [1.807, 2.05) is 6.07 Å². The molecule has 1 aliphatic heterocycles. The van der Waals surface area contributed by atoms with E-state index < -0.39 is 16.8 Å². The molecule has 0 aliphatic carbocycles. The summed E-state index contributed by atoms with van der Waals surface area (Å²) in [6.07, 6.45) is 1.64. The summed E-state index contributed by atoms with van der Waals surface area (Å²) in [5.41, 5.74) is 5.98. The lowest BCUT2D eigenvalue weighted by molar-refractivity contribution is -0.137. The fourth-order valence-corrected chi connectivity index (χ4v) is 2.81. The van der Waals surface area contributed by atoms with E-state index in [4.69, 9.17) is 10.8 Å². The second-order valence-corrected chi connectivity index (χ2v) is 4.57. The number of thioether (sulfide) groups is 1. The third-order valence-corrected chi connectivity index (χ3v) is 3.83. The maximum absolute atomic E-state index is 11.0. The van der Waals surface area contributed by atoms with Crippen molar-refractivity contribution >= 4 is 17.7 Å². The highest BCUT2D eigenvalue weighted by molar-refractivity contribution is 8.01. The van der Waals surface area contributed by atoms with E-state index >= 15 is 0 Å². The molecule has 0 amide bonds. The van der Waals surface area contributed by atoms with Gasteiger partial charge in [-0.2, -0.15) is 0 Å². The second kappa shape index (κ2) is 2.96. The average molecular weight is 210 g/mol. The highest BCUT2D eigenvalue weighted by atomic mass is 32.2. The Hall–Kier alpha value is -1.07. The van der Waals surface area contributed by atoms with Crippen molar-refractivity contribution in [3.63, 3.8) is 0 Å². The van der Waals surface area contributed by atoms with Gasteiger partial charge in [-0.1, -0.05) is 17.8 Å². The fourth-order valence-electron chi connectivity index (χ4n) is 1.58. The topological polar surface area (TPSA) is 76.2 Å². The lowest BCUT2D eigenvalue weighted by Gasteiger charge is -2.23. The molecule has 2 unspecified atom stereocenters. The van der Waals surface area contributed by atoms with E-state index in [-0.39, 0.29) is 0 Å². The van der Waals surface area contributed by atoms with Crippen molar-refractivity contribution in [1.29, 1.82) is 0 Å². The summed E-state index contributed by atoms with van der Waals surface area (Å²) in [7, 11) is 0. The van der Waals surface area contributed by atoms with Crippen molar-refractivity contribution in [3.8, 4) is 0 Å². The first-order valence-electron chi connectivity index (χ1n) is 4.17. The molecule has 1 aliphatic rings. The normalized spacial score (nSPS) is 30.0. The quantitative estimate of drug-likeness (QED) is 0.717. The number of carbonyl (C=O) groups is 1. The van der Waals surface area contributed by atoms with Crippen LogP contribution in [0.2, 0.25) is 0 Å². The Labute approximate surface area is 85.5 Å². The number of carboxylic acids is 1. The molecule has 3 N–H and O–H groups in total. The number of rotatable bonds is 1. The third kappa shape index (κ3) is 1.20. The van der Waals surface area contributed by atoms with Gasteiger partial charge in [-0.25, -0.2) is 4.98 Å². The van der Waals surface area contributed by atoms with Gasteiger partial charge in [-0.3, -0.25) is 4.79 Å². The number of hydrogen-bond donors (Lipinski definition) is 2. The molecular weight excluding hydrogens is 200 g/mol. The number of aromatic nitrogens is 1. The van der Waals surface area contributed by atoms with Crippen molar-refractivity contribution in [2.75, 3.05) is 0 Å². The second-order valence-electron chi connectivity index (χ2n) is 3.47. The van der Waals surface area contributed by atoms with E-state index in [9.17, 15) is 4.79 Å². The van der Waals surface area contributed by atoms with E-state index in [1.165, 1.54) is 11.8 Å². The Balaban J connectivity index is 2.50. The maximum Gasteiger partial charge on any atom is 0.319 e. The van der Waals surface area contributed by atoms with Gasteiger partial charge in [-0.15, -0.1) is 0 Å². The molecule has 1 aromatic rings. The van der Waals surface area contributed by atoms with Crippen LogP contribution in [-0.4, -0.2) is 21.3 Å². The minimum atomic E-state index is -0.891. The number of fused-ring (bicyclic) bond motifs is 1. The molecule has 2 rings (SSSR count). The molecule has 14 heavy (non-hydrogen) atoms. The zero-order valence-corrected chi connectivity index (χ0v) is 8.41. The Morgan fingerprint density at radius 2 is 2.50 bits per heavy atom. The number of carboxylic acid groups (broad SMARTS) is 1. The smallest absolute Gasteiger partial charge is 0.319 e. The molecule has 0 fully saturated rings. The van der Waals surface area contributed by atoms with Crippen LogP contribution in [0.25, 0.3) is 0 Å². The summed E-state index contributed by atoms with van der Waals surface area (Å²) in [6, 6.07) is 3.60. The molecule has 2 atom stereocenters. The number of hydrogen-bond acceptors (Lipinski definition) is 4. The summed E-state index contributed by atoms with van der Waals surface area (Å²) < 4.78 is 0. The summed E-state index contributed by atoms with van der Waals surface area (Å²) in [6.45, 7) is 1.73. The molecule has 0 aromatic carbocycles. The SMILES string of the molecule is CC1(N)c2cccnc2SC1C(=O)O. The first-order valence-corrected chi connectivity index (χ1v) is 5.05. The van der Waals surface area contributed by atoms with Crippen LogP contribution in [0.1, 0.15) is 12.5 Å². The molecule has 0 bridgehead atoms. The van der Waals surface area contributed by atoms with E-state index in [0.29, 0.717) is 0 Å². The number of aliphatic carboxylic acids is 1. The van der Waals surface area contributed by atoms with E-state index in [0.717, 1.165) is 10.6 Å². The molecule has 0 saturated carbocycles. The summed E-state index contributed by atoms with van der Waals surface area (Å²) in [4.78, 5) is 15.1. The molecule has 5 heteroatoms. The van der Waals surface area contributed by atoms with Crippen molar-refractivity contribution in [1.82, 2.24) is 4.98 Å². The minimum absolute atomic E-state index is 0.646. The molecule has 1 aromatic heterocycles. The Bertz CT molecular complexity index is 392. The van der Waals surface area contributed by atoms with Crippen LogP contribution in [0, 0.1) is 0 Å². The van der Waals surface area contributed by atoms with Gasteiger partial charge >= 0.3 is 5.97 Å². The van der Waals surface area contributed by atoms with Crippen molar-refractivity contribution < 1.29 is 9.90 Å². The van der Waals surface area contributed by atoms with Gasteiger partial charge in [0.15, 0.2) is 0 Å². The molecular formula is C9H10N2O2S. The average Bonchev–Trinajstić information content (AvgIpc) is 2.39. The largest absolute Gasteiger partial charge is 0.480 e. The summed E-state index contributed by atoms with van der Waals surface area (Å²) in [5.74, 6) is -0.891. The molecule has 74 valence electrons. The van der Waals surface area contributed by atoms with Crippen LogP contribution in [0.5, 0.6) is 0 Å². The first-order chi connectivity index (χ1) is 6.53. The van der Waals surface area contributed by atoms with Gasteiger partial charge in [0.05, 0.1) is 5.54 Å². The molecule has 0 spiro atoms. The van der Waals surface area contributed by atoms with Crippen LogP contribution in [0.4, 0.5) is 0 Å². The zero-order valence-electron chi connectivity index (χ0n) is 7.60. The van der Waals surface area contributed by atoms with Crippen LogP contribution in [0.3, 0.4) is 0 Å². The van der Waals surface area contributed by atoms with E-state index in [1.54, 1.807) is 19.2 Å². The van der Waals surface area contributed by atoms with Gasteiger partial charge in [-0.05, 0) is 13.0 Å². The predicted octanol–water partition coefficient (Wildman–Crippen LogP) is 0.814. The zero-order chi connectivity index (χ0) is 10.3. The summed E-state index contributed by atoms with van der Waals surface area (Å²) >= 11 is 1.22. The molecule has 0 saturated heterocycles. The van der Waals surface area contributed by atoms with Crippen LogP contribution >= 0.6 is 11.8 Å². The third-order valence-electron chi connectivity index (χ3n) is 2.35. The van der Waals surface area contributed by atoms with E-state index in [2.05, 4.69) is 4.98 Å². The number of nitrogens with zero attached hydrogens (tertiary/aromatic N) is 1. The standard InChI is InChI=1S/C9H10N2O2S/c1-9(10)5-3-2-4-11-7(5)14-6(9)8(12)13/h2-4,6H,10H2,1H3,(H,12,13).